The number of methoxy groups -OCH3 is 1. The summed E-state index contributed by atoms with van der Waals surface area (Å²) in [6.07, 6.45) is 0.547. The smallest absolute Gasteiger partial charge is 0.262 e. The average molecular weight is 455 g/mol. The molecule has 0 saturated carbocycles. The minimum Gasteiger partial charge on any atom is -0.496 e. The summed E-state index contributed by atoms with van der Waals surface area (Å²) in [7, 11) is 1.54. The van der Waals surface area contributed by atoms with Gasteiger partial charge in [0.25, 0.3) is 11.8 Å². The molecule has 4 rings (SSSR count). The van der Waals surface area contributed by atoms with Gasteiger partial charge in [-0.15, -0.1) is 0 Å². The molecule has 1 N–H and O–H groups in total. The molecule has 3 aromatic rings. The maximum absolute atomic E-state index is 13.3. The lowest BCUT2D eigenvalue weighted by molar-refractivity contribution is 0.0933. The van der Waals surface area contributed by atoms with Gasteiger partial charge in [0.1, 0.15) is 5.75 Å². The van der Waals surface area contributed by atoms with Crippen molar-refractivity contribution in [3.8, 4) is 5.75 Å². The minimum absolute atomic E-state index is 0.183. The van der Waals surface area contributed by atoms with Crippen molar-refractivity contribution in [2.75, 3.05) is 18.6 Å². The van der Waals surface area contributed by atoms with E-state index >= 15 is 0 Å². The lowest BCUT2D eigenvalue weighted by atomic mass is 9.95. The number of nitrogens with zero attached hydrogens (tertiary/aromatic N) is 1. The molecule has 2 amide bonds. The van der Waals surface area contributed by atoms with Crippen LogP contribution in [-0.2, 0) is 0 Å². The molecule has 0 spiro atoms. The summed E-state index contributed by atoms with van der Waals surface area (Å²) in [4.78, 5) is 27.8. The molecule has 158 valence electrons. The Morgan fingerprint density at radius 2 is 1.71 bits per heavy atom. The van der Waals surface area contributed by atoms with Crippen molar-refractivity contribution in [2.24, 2.45) is 0 Å². The van der Waals surface area contributed by atoms with Crippen molar-refractivity contribution in [1.82, 2.24) is 5.32 Å². The zero-order valence-corrected chi connectivity index (χ0v) is 18.3. The highest BCUT2D eigenvalue weighted by atomic mass is 35.5. The van der Waals surface area contributed by atoms with Gasteiger partial charge in [-0.25, -0.2) is 0 Å². The SMILES string of the molecule is COc1ccccc1C(=O)N1CCC(NC(=O)c2ccccc2Cl)c2ccc(Cl)cc21. The zero-order valence-electron chi connectivity index (χ0n) is 16.8. The molecular weight excluding hydrogens is 435 g/mol. The van der Waals surface area contributed by atoms with Gasteiger partial charge >= 0.3 is 0 Å². The molecule has 1 unspecified atom stereocenters. The Bertz CT molecular complexity index is 1150. The van der Waals surface area contributed by atoms with Gasteiger partial charge in [-0.1, -0.05) is 53.5 Å². The van der Waals surface area contributed by atoms with E-state index in [0.29, 0.717) is 45.6 Å². The molecule has 0 saturated heterocycles. The first kappa shape index (κ1) is 21.2. The number of nitrogens with one attached hydrogen (secondary N) is 1. The van der Waals surface area contributed by atoms with E-state index in [1.807, 2.05) is 12.1 Å². The number of para-hydroxylation sites is 1. The number of hydrogen-bond donors (Lipinski definition) is 1. The van der Waals surface area contributed by atoms with Gasteiger partial charge in [-0.2, -0.15) is 0 Å². The summed E-state index contributed by atoms with van der Waals surface area (Å²) in [6.45, 7) is 0.414. The normalized spacial score (nSPS) is 15.2. The Labute approximate surface area is 190 Å². The number of hydrogen-bond acceptors (Lipinski definition) is 3. The summed E-state index contributed by atoms with van der Waals surface area (Å²) in [5.41, 5.74) is 2.36. The molecule has 0 aliphatic carbocycles. The first-order chi connectivity index (χ1) is 15.0. The number of ether oxygens (including phenoxy) is 1. The van der Waals surface area contributed by atoms with E-state index in [-0.39, 0.29) is 17.9 Å². The fraction of sp³-hybridized carbons (Fsp3) is 0.167. The molecule has 1 aliphatic heterocycles. The first-order valence-electron chi connectivity index (χ1n) is 9.79. The standard InChI is InChI=1S/C24H20Cl2N2O3/c1-31-22-9-5-3-7-18(22)24(30)28-13-12-20(17-11-10-15(25)14-21(17)28)27-23(29)16-6-2-4-8-19(16)26/h2-11,14,20H,12-13H2,1H3,(H,27,29). The fourth-order valence-corrected chi connectivity index (χ4v) is 4.18. The molecular formula is C24H20Cl2N2O3. The first-order valence-corrected chi connectivity index (χ1v) is 10.5. The predicted octanol–water partition coefficient (Wildman–Crippen LogP) is 5.52. The molecule has 3 aromatic carbocycles. The molecule has 0 bridgehead atoms. The number of benzene rings is 3. The molecule has 5 nitrogen and oxygen atoms in total. The summed E-state index contributed by atoms with van der Waals surface area (Å²) < 4.78 is 5.36. The van der Waals surface area contributed by atoms with Crippen LogP contribution in [-0.4, -0.2) is 25.5 Å². The third-order valence-electron chi connectivity index (χ3n) is 5.31. The van der Waals surface area contributed by atoms with Crippen LogP contribution in [0, 0.1) is 0 Å². The Morgan fingerprint density at radius 1 is 1.00 bits per heavy atom. The van der Waals surface area contributed by atoms with Crippen LogP contribution in [0.3, 0.4) is 0 Å². The number of fused-ring (bicyclic) bond motifs is 1. The Hall–Kier alpha value is -3.02. The van der Waals surface area contributed by atoms with Gasteiger partial charge in [0.2, 0.25) is 0 Å². The van der Waals surface area contributed by atoms with Crippen molar-refractivity contribution in [2.45, 2.75) is 12.5 Å². The third-order valence-corrected chi connectivity index (χ3v) is 5.87. The van der Waals surface area contributed by atoms with Crippen LogP contribution >= 0.6 is 23.2 Å². The molecule has 0 aromatic heterocycles. The second-order valence-corrected chi connectivity index (χ2v) is 8.00. The highest BCUT2D eigenvalue weighted by molar-refractivity contribution is 6.33. The lowest BCUT2D eigenvalue weighted by Gasteiger charge is -2.35. The zero-order chi connectivity index (χ0) is 22.0. The van der Waals surface area contributed by atoms with E-state index in [0.717, 1.165) is 5.56 Å². The summed E-state index contributed by atoms with van der Waals surface area (Å²) in [6, 6.07) is 19.1. The van der Waals surface area contributed by atoms with Crippen LogP contribution in [0.15, 0.2) is 66.7 Å². The van der Waals surface area contributed by atoms with Crippen LogP contribution in [0.5, 0.6) is 5.75 Å². The lowest BCUT2D eigenvalue weighted by Crippen LogP contribution is -2.41. The highest BCUT2D eigenvalue weighted by Gasteiger charge is 2.31. The molecule has 7 heteroatoms. The van der Waals surface area contributed by atoms with E-state index in [9.17, 15) is 9.59 Å². The van der Waals surface area contributed by atoms with Crippen LogP contribution in [0.25, 0.3) is 0 Å². The van der Waals surface area contributed by atoms with Crippen molar-refractivity contribution >= 4 is 40.7 Å². The number of carbonyl (C=O) groups excluding carboxylic acids is 2. The molecule has 1 heterocycles. The maximum atomic E-state index is 13.3. The van der Waals surface area contributed by atoms with E-state index in [1.165, 1.54) is 7.11 Å². The number of rotatable bonds is 4. The van der Waals surface area contributed by atoms with Gasteiger partial charge in [-0.3, -0.25) is 9.59 Å². The van der Waals surface area contributed by atoms with E-state index in [1.54, 1.807) is 59.5 Å². The maximum Gasteiger partial charge on any atom is 0.262 e. The highest BCUT2D eigenvalue weighted by Crippen LogP contribution is 2.37. The topological polar surface area (TPSA) is 58.6 Å². The van der Waals surface area contributed by atoms with Gasteiger partial charge in [-0.05, 0) is 48.4 Å². The second kappa shape index (κ2) is 9.00. The quantitative estimate of drug-likeness (QED) is 0.564. The number of anilines is 1. The molecule has 0 radical (unpaired) electrons. The monoisotopic (exact) mass is 454 g/mol. The average Bonchev–Trinajstić information content (AvgIpc) is 2.78. The molecule has 1 aliphatic rings. The number of amides is 2. The van der Waals surface area contributed by atoms with E-state index in [4.69, 9.17) is 27.9 Å². The fourth-order valence-electron chi connectivity index (χ4n) is 3.79. The van der Waals surface area contributed by atoms with Gasteiger partial charge in [0.15, 0.2) is 0 Å². The van der Waals surface area contributed by atoms with Crippen LogP contribution in [0.1, 0.15) is 38.7 Å². The summed E-state index contributed by atoms with van der Waals surface area (Å²) >= 11 is 12.4. The Balaban J connectivity index is 1.66. The third kappa shape index (κ3) is 4.24. The predicted molar refractivity (Wildman–Crippen MR) is 122 cm³/mol. The summed E-state index contributed by atoms with van der Waals surface area (Å²) in [5, 5.41) is 3.94. The Morgan fingerprint density at radius 3 is 2.45 bits per heavy atom. The number of carbonyl (C=O) groups is 2. The van der Waals surface area contributed by atoms with E-state index in [2.05, 4.69) is 5.32 Å². The van der Waals surface area contributed by atoms with Crippen molar-refractivity contribution < 1.29 is 14.3 Å². The molecule has 31 heavy (non-hydrogen) atoms. The molecule has 1 atom stereocenters. The Kier molecular flexibility index (Phi) is 6.16. The van der Waals surface area contributed by atoms with Crippen molar-refractivity contribution in [1.29, 1.82) is 0 Å². The summed E-state index contributed by atoms with van der Waals surface area (Å²) in [5.74, 6) is 0.0584. The molecule has 0 fully saturated rings. The van der Waals surface area contributed by atoms with Gasteiger partial charge < -0.3 is 15.0 Å². The van der Waals surface area contributed by atoms with Crippen molar-refractivity contribution in [3.63, 3.8) is 0 Å². The second-order valence-electron chi connectivity index (χ2n) is 7.15. The van der Waals surface area contributed by atoms with Gasteiger partial charge in [0.05, 0.1) is 35.0 Å². The number of halogens is 2. The van der Waals surface area contributed by atoms with Crippen LogP contribution in [0.2, 0.25) is 10.0 Å². The van der Waals surface area contributed by atoms with E-state index < -0.39 is 0 Å². The minimum atomic E-state index is -0.280. The van der Waals surface area contributed by atoms with Crippen molar-refractivity contribution in [3.05, 3.63) is 93.5 Å². The van der Waals surface area contributed by atoms with Crippen LogP contribution in [0.4, 0.5) is 5.69 Å². The largest absolute Gasteiger partial charge is 0.496 e. The van der Waals surface area contributed by atoms with Gasteiger partial charge in [0, 0.05) is 11.6 Å². The van der Waals surface area contributed by atoms with Crippen LogP contribution < -0.4 is 15.0 Å².